The van der Waals surface area contributed by atoms with Crippen LogP contribution < -0.4 is 0 Å². The van der Waals surface area contributed by atoms with Crippen LogP contribution in [0.4, 0.5) is 0 Å². The Morgan fingerprint density at radius 2 is 1.29 bits per heavy atom. The van der Waals surface area contributed by atoms with Crippen molar-refractivity contribution in [3.05, 3.63) is 126 Å². The van der Waals surface area contributed by atoms with E-state index in [1.54, 1.807) is 0 Å². The summed E-state index contributed by atoms with van der Waals surface area (Å²) in [6.45, 7) is 5.60. The molecule has 2 amide bonds. The number of likely N-dealkylation sites (tertiary alicyclic amines) is 2. The lowest BCUT2D eigenvalue weighted by molar-refractivity contribution is -0.188. The minimum absolute atomic E-state index is 0. The molecular formula is C44H52N6O6. The van der Waals surface area contributed by atoms with Crippen LogP contribution in [0.3, 0.4) is 0 Å². The number of benzene rings is 4. The maximum absolute atomic E-state index is 13.7. The van der Waals surface area contributed by atoms with Crippen LogP contribution in [0.25, 0.3) is 22.2 Å². The Hall–Kier alpha value is -5.85. The number of aryl methyl sites for hydroxylation is 1. The van der Waals surface area contributed by atoms with Gasteiger partial charge in [-0.2, -0.15) is 9.78 Å². The number of hydrogen-bond donors (Lipinski definition) is 1. The summed E-state index contributed by atoms with van der Waals surface area (Å²) in [6.07, 6.45) is 6.20. The Morgan fingerprint density at radius 1 is 0.750 bits per heavy atom. The van der Waals surface area contributed by atoms with Gasteiger partial charge in [-0.05, 0) is 73.9 Å². The number of carbonyl (C=O) groups excluding carboxylic acids is 2. The molecule has 56 heavy (non-hydrogen) atoms. The first-order valence-electron chi connectivity index (χ1n) is 18.6. The van der Waals surface area contributed by atoms with Crippen LogP contribution >= 0.6 is 0 Å². The molecule has 5 aromatic rings. The highest BCUT2D eigenvalue weighted by Gasteiger charge is 2.36. The second-order valence-electron chi connectivity index (χ2n) is 13.6. The average molecular weight is 761 g/mol. The quantitative estimate of drug-likeness (QED) is 0.0584. The molecule has 1 N–H and O–H groups in total. The maximum atomic E-state index is 13.7. The number of aliphatic imine (C=N–C) groups is 2. The average Bonchev–Trinajstić information content (AvgIpc) is 3.99. The van der Waals surface area contributed by atoms with Crippen LogP contribution in [-0.2, 0) is 29.1 Å². The summed E-state index contributed by atoms with van der Waals surface area (Å²) >= 11 is 0. The molecule has 1 aromatic heterocycles. The number of rotatable bonds is 12. The van der Waals surface area contributed by atoms with Crippen molar-refractivity contribution >= 4 is 35.6 Å². The zero-order chi connectivity index (χ0) is 38.6. The normalized spacial score (nSPS) is 17.7. The van der Waals surface area contributed by atoms with Gasteiger partial charge in [-0.25, -0.2) is 15.0 Å². The van der Waals surface area contributed by atoms with Gasteiger partial charge >= 0.3 is 0 Å². The number of H-pyrrole nitrogens is 1. The highest BCUT2D eigenvalue weighted by Crippen LogP contribution is 2.35. The van der Waals surface area contributed by atoms with Gasteiger partial charge in [0, 0.05) is 19.1 Å². The van der Waals surface area contributed by atoms with Crippen molar-refractivity contribution in [3.8, 4) is 11.1 Å². The predicted molar refractivity (Wildman–Crippen MR) is 219 cm³/mol. The third-order valence-electron chi connectivity index (χ3n) is 9.97. The fourth-order valence-corrected chi connectivity index (χ4v) is 7.12. The van der Waals surface area contributed by atoms with Crippen molar-refractivity contribution in [2.24, 2.45) is 9.98 Å². The number of fused-ring (bicyclic) bond motifs is 1. The highest BCUT2D eigenvalue weighted by molar-refractivity contribution is 5.86. The molecule has 12 heteroatoms. The molecule has 4 aromatic carbocycles. The Labute approximate surface area is 329 Å². The molecule has 0 spiro atoms. The van der Waals surface area contributed by atoms with E-state index in [1.165, 1.54) is 32.6 Å². The molecule has 0 radical (unpaired) electrons. The third kappa shape index (κ3) is 10.1. The van der Waals surface area contributed by atoms with Crippen molar-refractivity contribution in [2.45, 2.75) is 71.1 Å². The largest absolute Gasteiger partial charge is 0.340 e. The first-order chi connectivity index (χ1) is 26.9. The van der Waals surface area contributed by atoms with E-state index in [1.807, 2.05) is 76.5 Å². The molecule has 2 aliphatic rings. The molecular weight excluding hydrogens is 709 g/mol. The van der Waals surface area contributed by atoms with Crippen molar-refractivity contribution in [1.82, 2.24) is 19.8 Å². The first-order valence-corrected chi connectivity index (χ1v) is 18.6. The molecule has 3 heterocycles. The lowest BCUT2D eigenvalue weighted by atomic mass is 10.0. The summed E-state index contributed by atoms with van der Waals surface area (Å²) in [5.41, 5.74) is 7.03. The number of nitrogens with one attached hydrogen (secondary N) is 1. The number of amides is 2. The molecule has 0 unspecified atom stereocenters. The lowest BCUT2D eigenvalue weighted by Crippen LogP contribution is -2.37. The molecule has 2 fully saturated rings. The van der Waals surface area contributed by atoms with E-state index >= 15 is 0 Å². The van der Waals surface area contributed by atoms with Crippen LogP contribution in [-0.4, -0.2) is 77.7 Å². The van der Waals surface area contributed by atoms with Crippen LogP contribution in [0.15, 0.2) is 113 Å². The molecule has 12 nitrogen and oxygen atoms in total. The summed E-state index contributed by atoms with van der Waals surface area (Å²) in [5.74, 6) is 0.725. The van der Waals surface area contributed by atoms with E-state index in [0.29, 0.717) is 6.54 Å². The van der Waals surface area contributed by atoms with Crippen molar-refractivity contribution in [3.63, 3.8) is 0 Å². The first kappa shape index (κ1) is 41.3. The van der Waals surface area contributed by atoms with E-state index in [9.17, 15) is 9.59 Å². The van der Waals surface area contributed by atoms with Crippen molar-refractivity contribution in [1.29, 1.82) is 0 Å². The maximum Gasteiger partial charge on any atom is 0.252 e. The Kier molecular flexibility index (Phi) is 14.9. The van der Waals surface area contributed by atoms with E-state index < -0.39 is 12.1 Å². The Bertz CT molecular complexity index is 2050. The number of hydrogen-bond acceptors (Lipinski definition) is 9. The number of imidazole rings is 1. The standard InChI is InChI=1S/C28H28N4O3.C15H20N2O3.CH4/c1-19-10-12-20(13-11-19)22-14-15-23-24(17-22)31-27(30-23)25-9-6-16-32(25)28(33)26(29-18-35-34-2)21-7-4-3-5-8-21;1-12-7-6-10-17(12)15(18)14(16-11-20-19-2)13-8-4-3-5-9-13;/h3-5,7-8,10-15,17-18,25-26H,6,9,16H2,1-2H3,(H,30,31);3-5,8-9,11-12,14H,6-7,10H2,1-2H3;1H4/t25-,26+;12-,14-;/m01./s1. The summed E-state index contributed by atoms with van der Waals surface area (Å²) in [7, 11) is 2.79. The van der Waals surface area contributed by atoms with Crippen LogP contribution in [0.5, 0.6) is 0 Å². The lowest BCUT2D eigenvalue weighted by Gasteiger charge is -2.26. The molecule has 7 rings (SSSR count). The molecule has 0 saturated carbocycles. The monoisotopic (exact) mass is 760 g/mol. The smallest absolute Gasteiger partial charge is 0.252 e. The van der Waals surface area contributed by atoms with Gasteiger partial charge in [0.2, 0.25) is 12.8 Å². The van der Waals surface area contributed by atoms with E-state index in [4.69, 9.17) is 9.87 Å². The van der Waals surface area contributed by atoms with Gasteiger partial charge in [0.05, 0.1) is 31.3 Å². The fraction of sp³-hybridized carbons (Fsp3) is 0.341. The van der Waals surface area contributed by atoms with Gasteiger partial charge in [0.15, 0.2) is 12.1 Å². The summed E-state index contributed by atoms with van der Waals surface area (Å²) < 4.78 is 0. The van der Waals surface area contributed by atoms with E-state index in [0.717, 1.165) is 71.3 Å². The number of carbonyl (C=O) groups is 2. The van der Waals surface area contributed by atoms with Gasteiger partial charge in [-0.3, -0.25) is 9.59 Å². The third-order valence-corrected chi connectivity index (χ3v) is 9.97. The van der Waals surface area contributed by atoms with Gasteiger partial charge < -0.3 is 24.6 Å². The van der Waals surface area contributed by atoms with E-state index in [2.05, 4.69) is 79.9 Å². The Balaban J connectivity index is 0.000000244. The highest BCUT2D eigenvalue weighted by atomic mass is 17.2. The van der Waals surface area contributed by atoms with Crippen LogP contribution in [0, 0.1) is 6.92 Å². The van der Waals surface area contributed by atoms with Gasteiger partial charge in [0.25, 0.3) is 11.8 Å². The molecule has 294 valence electrons. The summed E-state index contributed by atoms with van der Waals surface area (Å²) in [6, 6.07) is 32.6. The number of aromatic amines is 1. The molecule has 2 aliphatic heterocycles. The molecule has 4 atom stereocenters. The number of aromatic nitrogens is 2. The van der Waals surface area contributed by atoms with Crippen LogP contribution in [0.2, 0.25) is 0 Å². The molecule has 0 bridgehead atoms. The zero-order valence-electron chi connectivity index (χ0n) is 31.7. The molecule has 0 aliphatic carbocycles. The summed E-state index contributed by atoms with van der Waals surface area (Å²) in [5, 5.41) is 0. The number of nitrogens with zero attached hydrogens (tertiary/aromatic N) is 5. The van der Waals surface area contributed by atoms with E-state index in [-0.39, 0.29) is 31.3 Å². The molecule has 2 saturated heterocycles. The summed E-state index contributed by atoms with van der Waals surface area (Å²) in [4.78, 5) is 65.6. The fourth-order valence-electron chi connectivity index (χ4n) is 7.12. The Morgan fingerprint density at radius 3 is 1.84 bits per heavy atom. The van der Waals surface area contributed by atoms with Crippen molar-refractivity contribution < 1.29 is 29.1 Å². The minimum atomic E-state index is -0.718. The van der Waals surface area contributed by atoms with Gasteiger partial charge in [0.1, 0.15) is 5.82 Å². The van der Waals surface area contributed by atoms with Crippen LogP contribution in [0.1, 0.15) is 80.7 Å². The topological polar surface area (TPSA) is 131 Å². The second kappa shape index (κ2) is 20.2. The second-order valence-corrected chi connectivity index (χ2v) is 13.6. The predicted octanol–water partition coefficient (Wildman–Crippen LogP) is 8.53. The SMILES string of the molecule is C.COOC=N[C@@H](C(=O)N1CCC[C@H]1C)c1ccccc1.COOC=N[C@@H](C(=O)N1CCC[C@H]1c1nc2ccc(-c3ccc(C)cc3)cc2[nH]1)c1ccccc1. The zero-order valence-corrected chi connectivity index (χ0v) is 31.7. The van der Waals surface area contributed by atoms with Crippen molar-refractivity contribution in [2.75, 3.05) is 27.3 Å². The van der Waals surface area contributed by atoms with Gasteiger partial charge in [-0.1, -0.05) is 104 Å². The minimum Gasteiger partial charge on any atom is -0.340 e. The van der Waals surface area contributed by atoms with Gasteiger partial charge in [-0.15, -0.1) is 0 Å².